The highest BCUT2D eigenvalue weighted by Crippen LogP contribution is 2.41. The van der Waals surface area contributed by atoms with Crippen LogP contribution in [0.15, 0.2) is 34.2 Å². The van der Waals surface area contributed by atoms with Crippen LogP contribution in [0.4, 0.5) is 5.13 Å². The minimum absolute atomic E-state index is 0.0233. The van der Waals surface area contributed by atoms with Gasteiger partial charge in [-0.2, -0.15) is 0 Å². The predicted octanol–water partition coefficient (Wildman–Crippen LogP) is 0.326. The number of β-lactam (4-membered cyclic amide) rings is 1. The molecule has 3 amide bonds. The van der Waals surface area contributed by atoms with E-state index in [9.17, 15) is 24.3 Å². The van der Waals surface area contributed by atoms with Crippen LogP contribution >= 0.6 is 46.5 Å². The zero-order valence-electron chi connectivity index (χ0n) is 19.4. The number of rotatable bonds is 12. The zero-order chi connectivity index (χ0) is 27.4. The molecule has 19 heteroatoms. The van der Waals surface area contributed by atoms with Crippen LogP contribution in [-0.4, -0.2) is 94.6 Å². The Morgan fingerprint density at radius 2 is 2.24 bits per heavy atom. The van der Waals surface area contributed by atoms with Gasteiger partial charge in [0, 0.05) is 18.6 Å². The van der Waals surface area contributed by atoms with E-state index in [4.69, 9.17) is 16.4 Å². The Kier molecular flexibility index (Phi) is 8.65. The Balaban J connectivity index is 1.52. The van der Waals surface area contributed by atoms with Crippen molar-refractivity contribution in [3.8, 4) is 0 Å². The summed E-state index contributed by atoms with van der Waals surface area (Å²) in [6.45, 7) is 3.48. The highest BCUT2D eigenvalue weighted by atomic mass is 35.5. The van der Waals surface area contributed by atoms with Crippen LogP contribution in [-0.2, 0) is 31.1 Å². The molecule has 3 N–H and O–H groups in total. The van der Waals surface area contributed by atoms with Gasteiger partial charge >= 0.3 is 5.97 Å². The number of anilines is 1. The number of nitrogens with one attached hydrogen (secondary N) is 2. The van der Waals surface area contributed by atoms with Crippen LogP contribution < -0.4 is 10.6 Å². The highest BCUT2D eigenvalue weighted by molar-refractivity contribution is 8.01. The molecule has 0 spiro atoms. The number of fused-ring (bicyclic) bond motifs is 1. The van der Waals surface area contributed by atoms with Crippen molar-refractivity contribution in [1.82, 2.24) is 35.4 Å². The summed E-state index contributed by atoms with van der Waals surface area (Å²) in [5, 5.41) is 29.7. The number of carbonyl (C=O) groups excluding carboxylic acids is 3. The van der Waals surface area contributed by atoms with Gasteiger partial charge in [-0.3, -0.25) is 19.3 Å². The van der Waals surface area contributed by atoms with E-state index in [1.807, 2.05) is 0 Å². The van der Waals surface area contributed by atoms with Gasteiger partial charge in [-0.1, -0.05) is 52.5 Å². The molecule has 2 atom stereocenters. The maximum Gasteiger partial charge on any atom is 0.352 e. The fourth-order valence-electron chi connectivity index (χ4n) is 3.41. The Hall–Kier alpha value is -3.48. The summed E-state index contributed by atoms with van der Waals surface area (Å²) in [4.78, 5) is 59.3. The van der Waals surface area contributed by atoms with Crippen LogP contribution in [0.3, 0.4) is 0 Å². The minimum atomic E-state index is -1.26. The number of carboxylic acid groups (broad SMARTS) is 1. The molecule has 1 saturated heterocycles. The van der Waals surface area contributed by atoms with E-state index in [-0.39, 0.29) is 38.9 Å². The van der Waals surface area contributed by atoms with E-state index < -0.39 is 29.2 Å². The molecule has 1 fully saturated rings. The molecule has 2 aromatic rings. The van der Waals surface area contributed by atoms with E-state index in [1.165, 1.54) is 34.3 Å². The number of oxime groups is 1. The van der Waals surface area contributed by atoms with Gasteiger partial charge in [0.1, 0.15) is 33.7 Å². The normalized spacial score (nSPS) is 18.9. The van der Waals surface area contributed by atoms with Gasteiger partial charge in [0.15, 0.2) is 10.8 Å². The number of halogens is 1. The molecule has 0 aromatic carbocycles. The van der Waals surface area contributed by atoms with E-state index in [2.05, 4.69) is 42.9 Å². The number of thioether (sulfide) groups is 2. The first-order valence-corrected chi connectivity index (χ1v) is 13.7. The third-order valence-electron chi connectivity index (χ3n) is 5.05. The molecule has 2 aliphatic heterocycles. The first-order valence-electron chi connectivity index (χ1n) is 10.5. The summed E-state index contributed by atoms with van der Waals surface area (Å²) in [5.74, 6) is -2.12. The number of thiazole rings is 1. The SMILES string of the molecule is C=CCON=C(C(=O)NC1C(=O)N2C(C(=O)O)=C(CSc3nnnn3C)CS[C@@H]12)c1nc(NC=O)sc1Cl. The number of aliphatic carboxylic acids is 1. The molecule has 38 heavy (non-hydrogen) atoms. The fourth-order valence-corrected chi connectivity index (χ4v) is 6.74. The molecule has 15 nitrogen and oxygen atoms in total. The fraction of sp³-hybridized carbons (Fsp3) is 0.316. The maximum atomic E-state index is 13.2. The number of carboxylic acids is 1. The molecule has 0 bridgehead atoms. The summed E-state index contributed by atoms with van der Waals surface area (Å²) in [5.41, 5.74) is -0.00897. The maximum absolute atomic E-state index is 13.2. The lowest BCUT2D eigenvalue weighted by molar-refractivity contribution is -0.150. The molecule has 200 valence electrons. The Labute approximate surface area is 231 Å². The number of amides is 3. The largest absolute Gasteiger partial charge is 0.477 e. The quantitative estimate of drug-likeness (QED) is 0.0576. The molecule has 4 heterocycles. The Bertz CT molecular complexity index is 1360. The standard InChI is InChI=1S/C19H18ClN9O6S3/c1-3-4-35-25-10(9-13(20)38-18(23-9)21-7-30)14(31)22-11-15(32)29-12(17(33)34)8(5-36-16(11)29)6-37-19-24-26-27-28(19)2/h3,7,11,16H,1,4-6H2,2H3,(H,22,31)(H,33,34)(H,21,23,30)/t11?,16-/m0/s1. The smallest absolute Gasteiger partial charge is 0.352 e. The number of carbonyl (C=O) groups is 4. The van der Waals surface area contributed by atoms with Crippen LogP contribution in [0.2, 0.25) is 4.34 Å². The molecular formula is C19H18ClN9O6S3. The molecule has 1 unspecified atom stereocenters. The number of hydrogen-bond acceptors (Lipinski definition) is 13. The number of tetrazole rings is 1. The monoisotopic (exact) mass is 599 g/mol. The van der Waals surface area contributed by atoms with Gasteiger partial charge in [-0.25, -0.2) is 14.5 Å². The van der Waals surface area contributed by atoms with E-state index in [1.54, 1.807) is 7.05 Å². The molecule has 4 rings (SSSR count). The average Bonchev–Trinajstić information content (AvgIpc) is 3.47. The second-order valence-corrected chi connectivity index (χ2v) is 11.1. The summed E-state index contributed by atoms with van der Waals surface area (Å²) >= 11 is 9.64. The van der Waals surface area contributed by atoms with Gasteiger partial charge < -0.3 is 20.6 Å². The second kappa shape index (κ2) is 11.9. The second-order valence-electron chi connectivity index (χ2n) is 7.42. The van der Waals surface area contributed by atoms with E-state index in [0.29, 0.717) is 22.9 Å². The summed E-state index contributed by atoms with van der Waals surface area (Å²) in [6.07, 6.45) is 1.81. The third kappa shape index (κ3) is 5.52. The third-order valence-corrected chi connectivity index (χ3v) is 8.67. The zero-order valence-corrected chi connectivity index (χ0v) is 22.6. The van der Waals surface area contributed by atoms with Crippen molar-refractivity contribution in [2.45, 2.75) is 16.6 Å². The van der Waals surface area contributed by atoms with Crippen molar-refractivity contribution in [3.05, 3.63) is 34.0 Å². The van der Waals surface area contributed by atoms with Gasteiger partial charge in [0.2, 0.25) is 11.6 Å². The summed E-state index contributed by atoms with van der Waals surface area (Å²) in [6, 6.07) is -1.03. The lowest BCUT2D eigenvalue weighted by Crippen LogP contribution is -2.71. The molecule has 2 aliphatic rings. The van der Waals surface area contributed by atoms with Gasteiger partial charge in [-0.15, -0.1) is 16.9 Å². The van der Waals surface area contributed by atoms with Crippen molar-refractivity contribution in [1.29, 1.82) is 0 Å². The number of hydrogen-bond donors (Lipinski definition) is 3. The first kappa shape index (κ1) is 27.6. The first-order chi connectivity index (χ1) is 18.3. The summed E-state index contributed by atoms with van der Waals surface area (Å²) < 4.78 is 1.50. The average molecular weight is 600 g/mol. The van der Waals surface area contributed by atoms with Crippen LogP contribution in [0.5, 0.6) is 0 Å². The van der Waals surface area contributed by atoms with E-state index >= 15 is 0 Å². The number of aromatic nitrogens is 5. The van der Waals surface area contributed by atoms with Gasteiger partial charge in [0.05, 0.1) is 0 Å². The molecule has 2 aromatic heterocycles. The van der Waals surface area contributed by atoms with Crippen LogP contribution in [0, 0.1) is 0 Å². The summed E-state index contributed by atoms with van der Waals surface area (Å²) in [7, 11) is 1.66. The van der Waals surface area contributed by atoms with Crippen LogP contribution in [0.25, 0.3) is 0 Å². The van der Waals surface area contributed by atoms with Crippen LogP contribution in [0.1, 0.15) is 5.69 Å². The van der Waals surface area contributed by atoms with Crippen molar-refractivity contribution in [2.75, 3.05) is 23.4 Å². The number of nitrogens with zero attached hydrogens (tertiary/aromatic N) is 7. The van der Waals surface area contributed by atoms with Crippen molar-refractivity contribution in [2.24, 2.45) is 12.2 Å². The lowest BCUT2D eigenvalue weighted by Gasteiger charge is -2.49. The predicted molar refractivity (Wildman–Crippen MR) is 139 cm³/mol. The Morgan fingerprint density at radius 1 is 1.45 bits per heavy atom. The molecule has 0 saturated carbocycles. The minimum Gasteiger partial charge on any atom is -0.477 e. The molecule has 0 aliphatic carbocycles. The van der Waals surface area contributed by atoms with Crippen molar-refractivity contribution < 1.29 is 29.1 Å². The lowest BCUT2D eigenvalue weighted by atomic mass is 10.0. The topological polar surface area (TPSA) is 194 Å². The van der Waals surface area contributed by atoms with Crippen molar-refractivity contribution >= 4 is 81.5 Å². The van der Waals surface area contributed by atoms with Gasteiger partial charge in [0.25, 0.3) is 11.8 Å². The molecular weight excluding hydrogens is 582 g/mol. The highest BCUT2D eigenvalue weighted by Gasteiger charge is 2.54. The van der Waals surface area contributed by atoms with E-state index in [0.717, 1.165) is 16.2 Å². The molecule has 0 radical (unpaired) electrons. The number of aryl methyl sites for hydroxylation is 1. The Morgan fingerprint density at radius 3 is 2.89 bits per heavy atom. The van der Waals surface area contributed by atoms with Gasteiger partial charge in [-0.05, 0) is 16.0 Å². The van der Waals surface area contributed by atoms with Crippen molar-refractivity contribution in [3.63, 3.8) is 0 Å².